The average Bonchev–Trinajstić information content (AvgIpc) is 2.91. The van der Waals surface area contributed by atoms with Gasteiger partial charge in [-0.2, -0.15) is 0 Å². The van der Waals surface area contributed by atoms with E-state index in [0.29, 0.717) is 23.6 Å². The first-order valence-corrected chi connectivity index (χ1v) is 10.3. The Balaban J connectivity index is 0.000000801. The zero-order valence-electron chi connectivity index (χ0n) is 20.2. The van der Waals surface area contributed by atoms with Gasteiger partial charge in [-0.25, -0.2) is 9.79 Å². The lowest BCUT2D eigenvalue weighted by atomic mass is 10.0. The minimum absolute atomic E-state index is 0.0897. The number of nitro groups is 1. The van der Waals surface area contributed by atoms with Crippen LogP contribution in [0, 0.1) is 10.1 Å². The lowest BCUT2D eigenvalue weighted by Crippen LogP contribution is -2.48. The summed E-state index contributed by atoms with van der Waals surface area (Å²) >= 11 is 0. The van der Waals surface area contributed by atoms with Crippen molar-refractivity contribution >= 4 is 29.3 Å². The fourth-order valence-corrected chi connectivity index (χ4v) is 2.87. The number of hydrogen-bond acceptors (Lipinski definition) is 8. The third-order valence-electron chi connectivity index (χ3n) is 4.54. The number of benzene rings is 1. The third kappa shape index (κ3) is 7.78. The molecule has 1 aromatic carbocycles. The SMILES string of the molecule is CC(C)(C)OC(=O)N1CC(C(N)=Nc2cccc([N+](=O)[O-])c2)=C(N)C1(C)C.CCOC(C)=O. The van der Waals surface area contributed by atoms with E-state index in [-0.39, 0.29) is 24.0 Å². The van der Waals surface area contributed by atoms with Crippen molar-refractivity contribution in [1.82, 2.24) is 4.90 Å². The highest BCUT2D eigenvalue weighted by Crippen LogP contribution is 2.33. The molecule has 0 unspecified atom stereocenters. The molecule has 0 atom stereocenters. The number of carbonyl (C=O) groups is 2. The highest BCUT2D eigenvalue weighted by Gasteiger charge is 2.43. The summed E-state index contributed by atoms with van der Waals surface area (Å²) in [7, 11) is 0. The molecule has 0 aliphatic carbocycles. The molecule has 0 bridgehead atoms. The number of esters is 1. The van der Waals surface area contributed by atoms with Gasteiger partial charge in [0.2, 0.25) is 0 Å². The second-order valence-electron chi connectivity index (χ2n) is 8.72. The lowest BCUT2D eigenvalue weighted by molar-refractivity contribution is -0.384. The summed E-state index contributed by atoms with van der Waals surface area (Å²) in [5, 5.41) is 10.9. The van der Waals surface area contributed by atoms with E-state index < -0.39 is 22.2 Å². The highest BCUT2D eigenvalue weighted by atomic mass is 16.6. The van der Waals surface area contributed by atoms with Crippen LogP contribution >= 0.6 is 0 Å². The molecule has 0 saturated heterocycles. The van der Waals surface area contributed by atoms with Crippen molar-refractivity contribution in [1.29, 1.82) is 0 Å². The van der Waals surface area contributed by atoms with Gasteiger partial charge in [-0.3, -0.25) is 19.8 Å². The Hall–Kier alpha value is -3.63. The molecule has 1 amide bonds. The fourth-order valence-electron chi connectivity index (χ4n) is 2.87. The Morgan fingerprint density at radius 1 is 1.30 bits per heavy atom. The largest absolute Gasteiger partial charge is 0.466 e. The summed E-state index contributed by atoms with van der Waals surface area (Å²) < 4.78 is 9.85. The topological polar surface area (TPSA) is 163 Å². The van der Waals surface area contributed by atoms with Crippen molar-refractivity contribution in [2.75, 3.05) is 13.2 Å². The van der Waals surface area contributed by atoms with Crippen LogP contribution in [-0.4, -0.2) is 52.0 Å². The molecular weight excluding hydrogens is 430 g/mol. The molecule has 0 saturated carbocycles. The lowest BCUT2D eigenvalue weighted by Gasteiger charge is -2.34. The van der Waals surface area contributed by atoms with Crippen LogP contribution < -0.4 is 11.5 Å². The first-order valence-electron chi connectivity index (χ1n) is 10.3. The number of hydrogen-bond donors (Lipinski definition) is 2. The Morgan fingerprint density at radius 3 is 2.36 bits per heavy atom. The average molecular weight is 464 g/mol. The number of amides is 1. The monoisotopic (exact) mass is 463 g/mol. The first kappa shape index (κ1) is 27.4. The van der Waals surface area contributed by atoms with Crippen molar-refractivity contribution in [2.24, 2.45) is 16.5 Å². The molecular formula is C22H33N5O6. The number of nitro benzene ring substituents is 1. The minimum Gasteiger partial charge on any atom is -0.466 e. The van der Waals surface area contributed by atoms with Crippen LogP contribution in [-0.2, 0) is 14.3 Å². The maximum Gasteiger partial charge on any atom is 0.411 e. The zero-order valence-corrected chi connectivity index (χ0v) is 20.2. The second kappa shape index (κ2) is 10.8. The Labute approximate surface area is 193 Å². The quantitative estimate of drug-likeness (QED) is 0.225. The number of ether oxygens (including phenoxy) is 2. The minimum atomic E-state index is -0.805. The molecule has 0 fully saturated rings. The predicted molar refractivity (Wildman–Crippen MR) is 125 cm³/mol. The van der Waals surface area contributed by atoms with Gasteiger partial charge in [0.05, 0.1) is 29.3 Å². The van der Waals surface area contributed by atoms with E-state index in [1.807, 2.05) is 0 Å². The van der Waals surface area contributed by atoms with Gasteiger partial charge < -0.3 is 20.9 Å². The smallest absolute Gasteiger partial charge is 0.411 e. The van der Waals surface area contributed by atoms with Crippen LogP contribution in [0.3, 0.4) is 0 Å². The van der Waals surface area contributed by atoms with Crippen molar-refractivity contribution in [3.63, 3.8) is 0 Å². The number of non-ortho nitro benzene ring substituents is 1. The predicted octanol–water partition coefficient (Wildman–Crippen LogP) is 3.40. The van der Waals surface area contributed by atoms with Crippen molar-refractivity contribution in [2.45, 2.75) is 59.6 Å². The molecule has 182 valence electrons. The van der Waals surface area contributed by atoms with Crippen LogP contribution in [0.4, 0.5) is 16.2 Å². The molecule has 4 N–H and O–H groups in total. The summed E-state index contributed by atoms with van der Waals surface area (Å²) in [6.07, 6.45) is -0.506. The molecule has 11 heteroatoms. The van der Waals surface area contributed by atoms with Crippen LogP contribution in [0.2, 0.25) is 0 Å². The summed E-state index contributed by atoms with van der Waals surface area (Å²) in [5.41, 5.74) is 12.0. The van der Waals surface area contributed by atoms with Gasteiger partial charge in [-0.05, 0) is 47.6 Å². The van der Waals surface area contributed by atoms with E-state index >= 15 is 0 Å². The summed E-state index contributed by atoms with van der Waals surface area (Å²) in [4.78, 5) is 38.5. The molecule has 0 radical (unpaired) electrons. The van der Waals surface area contributed by atoms with E-state index in [1.165, 1.54) is 30.0 Å². The summed E-state index contributed by atoms with van der Waals surface area (Å²) in [6, 6.07) is 5.80. The van der Waals surface area contributed by atoms with E-state index in [2.05, 4.69) is 9.73 Å². The standard InChI is InChI=1S/C18H25N5O4.C4H8O2/c1-17(2,3)27-16(24)22-10-13(14(19)18(22,4)5)15(20)21-11-7-6-8-12(9-11)23(25)26;1-3-6-4(2)5/h6-9H,10,19H2,1-5H3,(H2,20,21);3H2,1-2H3. The van der Waals surface area contributed by atoms with Gasteiger partial charge >= 0.3 is 12.1 Å². The molecule has 1 aliphatic heterocycles. The fraction of sp³-hybridized carbons (Fsp3) is 0.500. The first-order chi connectivity index (χ1) is 15.1. The molecule has 1 heterocycles. The number of amidine groups is 1. The van der Waals surface area contributed by atoms with E-state index in [4.69, 9.17) is 16.2 Å². The normalized spacial score (nSPS) is 15.5. The van der Waals surface area contributed by atoms with Gasteiger partial charge in [-0.1, -0.05) is 6.07 Å². The van der Waals surface area contributed by atoms with Crippen LogP contribution in [0.25, 0.3) is 0 Å². The maximum atomic E-state index is 12.5. The molecule has 2 rings (SSSR count). The van der Waals surface area contributed by atoms with E-state index in [9.17, 15) is 19.7 Å². The number of carbonyl (C=O) groups excluding carboxylic acids is 2. The second-order valence-corrected chi connectivity index (χ2v) is 8.72. The zero-order chi connectivity index (χ0) is 25.6. The van der Waals surface area contributed by atoms with Gasteiger partial charge in [0.25, 0.3) is 5.69 Å². The molecule has 0 spiro atoms. The Morgan fingerprint density at radius 2 is 1.91 bits per heavy atom. The van der Waals surface area contributed by atoms with Crippen molar-refractivity contribution in [3.05, 3.63) is 45.6 Å². The van der Waals surface area contributed by atoms with Crippen molar-refractivity contribution in [3.8, 4) is 0 Å². The summed E-state index contributed by atoms with van der Waals surface area (Å²) in [6.45, 7) is 12.7. The number of rotatable bonds is 4. The molecule has 0 aromatic heterocycles. The number of nitrogens with two attached hydrogens (primary N) is 2. The highest BCUT2D eigenvalue weighted by molar-refractivity contribution is 6.01. The molecule has 1 aromatic rings. The van der Waals surface area contributed by atoms with E-state index in [0.717, 1.165) is 0 Å². The third-order valence-corrected chi connectivity index (χ3v) is 4.54. The van der Waals surface area contributed by atoms with E-state index in [1.54, 1.807) is 47.6 Å². The van der Waals surface area contributed by atoms with Gasteiger partial charge in [0.1, 0.15) is 11.4 Å². The molecule has 33 heavy (non-hydrogen) atoms. The summed E-state index contributed by atoms with van der Waals surface area (Å²) in [5.74, 6) is -0.107. The van der Waals surface area contributed by atoms with Crippen LogP contribution in [0.15, 0.2) is 40.5 Å². The van der Waals surface area contributed by atoms with Crippen LogP contribution in [0.1, 0.15) is 48.5 Å². The Bertz CT molecular complexity index is 962. The van der Waals surface area contributed by atoms with Crippen molar-refractivity contribution < 1.29 is 24.0 Å². The maximum absolute atomic E-state index is 12.5. The van der Waals surface area contributed by atoms with Gasteiger partial charge in [-0.15, -0.1) is 0 Å². The molecule has 1 aliphatic rings. The number of aliphatic imine (C=N–C) groups is 1. The van der Waals surface area contributed by atoms with Crippen LogP contribution in [0.5, 0.6) is 0 Å². The molecule has 11 nitrogen and oxygen atoms in total. The number of nitrogens with zero attached hydrogens (tertiary/aromatic N) is 3. The Kier molecular flexibility index (Phi) is 8.96. The van der Waals surface area contributed by atoms with Gasteiger partial charge in [0.15, 0.2) is 0 Å². The van der Waals surface area contributed by atoms with Gasteiger partial charge in [0, 0.05) is 30.3 Å².